The van der Waals surface area contributed by atoms with Gasteiger partial charge in [0.05, 0.1) is 25.3 Å². The van der Waals surface area contributed by atoms with Gasteiger partial charge < -0.3 is 17.1 Å². The Hall–Kier alpha value is 0.0964. The number of hydrogen-bond acceptors (Lipinski definition) is 8. The first kappa shape index (κ1) is 38.2. The van der Waals surface area contributed by atoms with Crippen molar-refractivity contribution < 1.29 is 70.4 Å². The molecule has 0 aromatic heterocycles. The van der Waals surface area contributed by atoms with Crippen LogP contribution in [0.25, 0.3) is 0 Å². The van der Waals surface area contributed by atoms with E-state index in [-0.39, 0.29) is 65.0 Å². The molecule has 36 heavy (non-hydrogen) atoms. The third kappa shape index (κ3) is 16.8. The molecule has 1 unspecified atom stereocenters. The molecule has 6 aliphatic rings. The Morgan fingerprint density at radius 1 is 1.06 bits per heavy atom. The van der Waals surface area contributed by atoms with Crippen LogP contribution in [0.4, 0.5) is 0 Å². The molecule has 0 saturated carbocycles. The molecule has 6 rings (SSSR count). The van der Waals surface area contributed by atoms with E-state index in [4.69, 9.17) is 15.0 Å². The summed E-state index contributed by atoms with van der Waals surface area (Å²) in [5.74, 6) is 1.65. The van der Waals surface area contributed by atoms with Crippen LogP contribution in [0.2, 0.25) is 0 Å². The van der Waals surface area contributed by atoms with Crippen LogP contribution in [0.3, 0.4) is 0 Å². The summed E-state index contributed by atoms with van der Waals surface area (Å²) >= 11 is 0. The van der Waals surface area contributed by atoms with Crippen LogP contribution < -0.4 is 56.5 Å². The fourth-order valence-electron chi connectivity index (χ4n) is 4.31. The third-order valence-electron chi connectivity index (χ3n) is 5.95. The summed E-state index contributed by atoms with van der Waals surface area (Å²) in [7, 11) is -2.55. The molecule has 0 amide bonds. The predicted octanol–water partition coefficient (Wildman–Crippen LogP) is 0.497. The van der Waals surface area contributed by atoms with Crippen molar-refractivity contribution in [2.24, 2.45) is 11.8 Å². The van der Waals surface area contributed by atoms with E-state index in [9.17, 15) is 14.5 Å². The Morgan fingerprint density at radius 2 is 1.50 bits per heavy atom. The Kier molecular flexibility index (Phi) is 20.4. The molecule has 4 bridgehead atoms. The number of ketones is 1. The van der Waals surface area contributed by atoms with Crippen molar-refractivity contribution in [3.8, 4) is 12.1 Å². The zero-order valence-electron chi connectivity index (χ0n) is 23.6. The normalized spacial score (nSPS) is 28.0. The molecule has 0 aromatic rings. The molecule has 0 aromatic carbocycles. The Balaban J connectivity index is 0. The molecule has 6 fully saturated rings. The van der Waals surface area contributed by atoms with Crippen molar-refractivity contribution in [2.75, 3.05) is 58.7 Å². The molecule has 6 aliphatic heterocycles. The number of rotatable bonds is 3. The Bertz CT molecular complexity index is 794. The second kappa shape index (κ2) is 19.2. The smallest absolute Gasteiger partial charge is 0.850 e. The van der Waals surface area contributed by atoms with E-state index < -0.39 is 13.0 Å². The van der Waals surface area contributed by atoms with Crippen molar-refractivity contribution in [1.82, 2.24) is 9.80 Å². The minimum Gasteiger partial charge on any atom is -0.850 e. The second-order valence-electron chi connectivity index (χ2n) is 10.3. The largest absolute Gasteiger partial charge is 1.00 e. The zero-order chi connectivity index (χ0) is 25.8. The zero-order valence-corrected chi connectivity index (χ0v) is 27.6. The van der Waals surface area contributed by atoms with Gasteiger partial charge in [-0.05, 0) is 70.3 Å². The Labute approximate surface area is 262 Å². The van der Waals surface area contributed by atoms with Gasteiger partial charge in [0, 0.05) is 25.2 Å². The topological polar surface area (TPSA) is 120 Å². The van der Waals surface area contributed by atoms with Crippen LogP contribution >= 0.6 is 7.37 Å². The summed E-state index contributed by atoms with van der Waals surface area (Å²) < 4.78 is 15.8. The minimum atomic E-state index is -2.55. The molecule has 1 atom stereocenters. The van der Waals surface area contributed by atoms with Gasteiger partial charge in [0.15, 0.2) is 0 Å². The van der Waals surface area contributed by atoms with Crippen molar-refractivity contribution in [2.45, 2.75) is 59.0 Å². The van der Waals surface area contributed by atoms with E-state index in [2.05, 4.69) is 15.9 Å². The average molecular weight is 548 g/mol. The SMILES string of the molecule is CC(C)(C)[O-].CCOP(C)(=O)CC#N.N#CC=C1CN2CCC1CC2.O=C1CN2CCC1CC2.[CH3-].[K+]. The standard InChI is InChI=1S/C9H12N2.C7H11NO.C5H10NO2P.C4H9O.CH3.K/c10-4-1-9-7-11-5-2-8(9)3-6-11;9-7-5-8-3-1-6(7)2-4-8;1-3-8-9(2,7)5-4-6;1-4(2,3)5;;/h1,8H,2-3,5-7H2;6H,1-5H2;3,5H2,1-2H3;1-3H3;1H3;/q;;;2*-1;+1. The number of fused-ring (bicyclic) bond motifs is 6. The summed E-state index contributed by atoms with van der Waals surface area (Å²) in [6.45, 7) is 15.1. The number of carbonyl (C=O) groups excluding carboxylic acids is 1. The molecule has 200 valence electrons. The third-order valence-corrected chi connectivity index (χ3v) is 7.47. The van der Waals surface area contributed by atoms with E-state index >= 15 is 0 Å². The molecule has 6 saturated heterocycles. The van der Waals surface area contributed by atoms with Gasteiger partial charge in [-0.1, -0.05) is 20.8 Å². The van der Waals surface area contributed by atoms with Crippen LogP contribution in [0.15, 0.2) is 11.6 Å². The first-order chi connectivity index (χ1) is 15.9. The van der Waals surface area contributed by atoms with Crippen molar-refractivity contribution >= 4 is 13.2 Å². The predicted molar refractivity (Wildman–Crippen MR) is 139 cm³/mol. The molecule has 0 radical (unpaired) electrons. The summed E-state index contributed by atoms with van der Waals surface area (Å²) in [6.07, 6.45) is 6.55. The molecule has 0 spiro atoms. The van der Waals surface area contributed by atoms with Crippen LogP contribution in [-0.2, 0) is 13.9 Å². The second-order valence-corrected chi connectivity index (χ2v) is 12.9. The fraction of sp³-hybridized carbons (Fsp3) is 0.769. The number of hydrogen-bond donors (Lipinski definition) is 0. The van der Waals surface area contributed by atoms with E-state index in [1.807, 2.05) is 0 Å². The van der Waals surface area contributed by atoms with Gasteiger partial charge in [-0.2, -0.15) is 10.5 Å². The molecular formula is C26H45KN4O4P-. The molecule has 6 heterocycles. The average Bonchev–Trinajstić information content (AvgIpc) is 2.75. The molecule has 10 heteroatoms. The van der Waals surface area contributed by atoms with E-state index in [1.165, 1.54) is 38.2 Å². The maximum Gasteiger partial charge on any atom is 1.00 e. The van der Waals surface area contributed by atoms with Gasteiger partial charge in [0.1, 0.15) is 11.9 Å². The Morgan fingerprint density at radius 3 is 1.75 bits per heavy atom. The van der Waals surface area contributed by atoms with Gasteiger partial charge in [-0.25, -0.2) is 0 Å². The van der Waals surface area contributed by atoms with Crippen molar-refractivity contribution in [3.63, 3.8) is 0 Å². The van der Waals surface area contributed by atoms with Crippen LogP contribution in [0.5, 0.6) is 0 Å². The summed E-state index contributed by atoms with van der Waals surface area (Å²) in [5.41, 5.74) is 0.616. The quantitative estimate of drug-likeness (QED) is 0.217. The van der Waals surface area contributed by atoms with Gasteiger partial charge in [0.2, 0.25) is 7.37 Å². The number of piperidine rings is 6. The summed E-state index contributed by atoms with van der Waals surface area (Å²) in [6, 6.07) is 3.94. The van der Waals surface area contributed by atoms with E-state index in [0.717, 1.165) is 44.9 Å². The number of carbonyl (C=O) groups is 1. The number of Topliss-reactive ketones (excluding diaryl/α,β-unsaturated/α-hetero) is 1. The monoisotopic (exact) mass is 547 g/mol. The molecular weight excluding hydrogens is 502 g/mol. The van der Waals surface area contributed by atoms with Crippen molar-refractivity contribution in [3.05, 3.63) is 19.1 Å². The minimum absolute atomic E-state index is 0. The number of allylic oxidation sites excluding steroid dienone is 1. The van der Waals surface area contributed by atoms with Gasteiger partial charge >= 0.3 is 51.4 Å². The van der Waals surface area contributed by atoms with Crippen LogP contribution in [-0.4, -0.2) is 79.9 Å². The molecule has 8 nitrogen and oxygen atoms in total. The maximum absolute atomic E-state index is 11.0. The fourth-order valence-corrected chi connectivity index (χ4v) is 5.20. The first-order valence-electron chi connectivity index (χ1n) is 12.2. The summed E-state index contributed by atoms with van der Waals surface area (Å²) in [5, 5.41) is 26.7. The van der Waals surface area contributed by atoms with Gasteiger partial charge in [0.25, 0.3) is 0 Å². The number of nitriles is 2. The molecule has 0 aliphatic carbocycles. The van der Waals surface area contributed by atoms with Crippen molar-refractivity contribution in [1.29, 1.82) is 10.5 Å². The number of nitrogens with zero attached hydrogens (tertiary/aromatic N) is 4. The van der Waals surface area contributed by atoms with E-state index in [0.29, 0.717) is 18.3 Å². The summed E-state index contributed by atoms with van der Waals surface area (Å²) in [4.78, 5) is 15.7. The van der Waals surface area contributed by atoms with Crippen LogP contribution in [0.1, 0.15) is 53.4 Å². The van der Waals surface area contributed by atoms with Gasteiger partial charge in [-0.3, -0.25) is 19.2 Å². The van der Waals surface area contributed by atoms with Crippen LogP contribution in [0, 0.1) is 41.9 Å². The van der Waals surface area contributed by atoms with E-state index in [1.54, 1.807) is 39.8 Å². The maximum atomic E-state index is 11.0. The first-order valence-corrected chi connectivity index (χ1v) is 14.5. The molecule has 0 N–H and O–H groups in total. The van der Waals surface area contributed by atoms with Gasteiger partial charge in [-0.15, -0.1) is 5.60 Å².